The molecule has 0 spiro atoms. The largest absolute Gasteiger partial charge is 0.456 e. The van der Waals surface area contributed by atoms with Gasteiger partial charge >= 0.3 is 0 Å². The van der Waals surface area contributed by atoms with Crippen molar-refractivity contribution in [3.05, 3.63) is 23.5 Å². The second-order valence-corrected chi connectivity index (χ2v) is 3.89. The molecule has 0 aliphatic carbocycles. The van der Waals surface area contributed by atoms with Gasteiger partial charge in [0.2, 0.25) is 12.0 Å². The van der Waals surface area contributed by atoms with Gasteiger partial charge in [0.15, 0.2) is 5.75 Å². The maximum atomic E-state index is 9.44. The molecule has 0 bridgehead atoms. The van der Waals surface area contributed by atoms with Gasteiger partial charge in [-0.25, -0.2) is 0 Å². The monoisotopic (exact) mass is 196 g/mol. The third-order valence-corrected chi connectivity index (χ3v) is 2.30. The van der Waals surface area contributed by atoms with Crippen molar-refractivity contribution < 1.29 is 19.4 Å². The molecule has 0 radical (unpaired) electrons. The summed E-state index contributed by atoms with van der Waals surface area (Å²) in [5.74, 6) is 0.0952. The highest BCUT2D eigenvalue weighted by atomic mass is 16.7. The second kappa shape index (κ2) is 2.85. The number of rotatable bonds is 0. The molecule has 14 heavy (non-hydrogen) atoms. The number of ether oxygens (including phenoxy) is 2. The van der Waals surface area contributed by atoms with Crippen LogP contribution in [0.5, 0.6) is 5.75 Å². The van der Waals surface area contributed by atoms with Crippen molar-refractivity contribution in [2.75, 3.05) is 0 Å². The highest BCUT2D eigenvalue weighted by Crippen LogP contribution is 2.31. The van der Waals surface area contributed by atoms with Crippen LogP contribution in [0.15, 0.2) is 12.3 Å². The Morgan fingerprint density at radius 3 is 2.93 bits per heavy atom. The van der Waals surface area contributed by atoms with Crippen LogP contribution in [0.1, 0.15) is 25.1 Å². The first-order valence-corrected chi connectivity index (χ1v) is 4.56. The summed E-state index contributed by atoms with van der Waals surface area (Å²) in [6.45, 7) is 6.03. The second-order valence-electron chi connectivity index (χ2n) is 3.89. The Morgan fingerprint density at radius 2 is 2.21 bits per heavy atom. The first-order chi connectivity index (χ1) is 6.49. The van der Waals surface area contributed by atoms with Gasteiger partial charge in [-0.1, -0.05) is 0 Å². The molecule has 0 amide bonds. The lowest BCUT2D eigenvalue weighted by Crippen LogP contribution is -2.40. The fourth-order valence-corrected chi connectivity index (χ4v) is 1.46. The zero-order valence-electron chi connectivity index (χ0n) is 8.57. The van der Waals surface area contributed by atoms with Crippen molar-refractivity contribution in [2.45, 2.75) is 33.2 Å². The van der Waals surface area contributed by atoms with E-state index >= 15 is 0 Å². The predicted octanol–water partition coefficient (Wildman–Crippen LogP) is 1.16. The van der Waals surface area contributed by atoms with E-state index in [-0.39, 0.29) is 0 Å². The molecule has 4 heteroatoms. The number of hydrogen-bond acceptors (Lipinski definition) is 3. The maximum absolute atomic E-state index is 9.44. The minimum Gasteiger partial charge on any atom is -0.456 e. The zero-order chi connectivity index (χ0) is 10.3. The van der Waals surface area contributed by atoms with Crippen molar-refractivity contribution in [2.24, 2.45) is 0 Å². The normalized spacial score (nSPS) is 18.5. The predicted molar refractivity (Wildman–Crippen MR) is 48.1 cm³/mol. The van der Waals surface area contributed by atoms with E-state index in [1.165, 1.54) is 0 Å². The summed E-state index contributed by atoms with van der Waals surface area (Å²) in [6.07, 6.45) is 1.58. The number of fused-ring (bicyclic) bond motifs is 1. The van der Waals surface area contributed by atoms with Gasteiger partial charge in [-0.2, -0.15) is 0 Å². The molecule has 1 aromatic heterocycles. The summed E-state index contributed by atoms with van der Waals surface area (Å²) in [5, 5.41) is 9.44. The maximum Gasteiger partial charge on any atom is 0.273 e. The first-order valence-electron chi connectivity index (χ1n) is 4.56. The Balaban J connectivity index is 2.49. The van der Waals surface area contributed by atoms with Gasteiger partial charge in [0.1, 0.15) is 0 Å². The fourth-order valence-electron chi connectivity index (χ4n) is 1.46. The van der Waals surface area contributed by atoms with E-state index in [4.69, 9.17) is 9.47 Å². The Labute approximate surface area is 82.7 Å². The van der Waals surface area contributed by atoms with Gasteiger partial charge in [-0.15, -0.1) is 0 Å². The standard InChI is InChI=1S/C10H14NO3/c1-7-9-8(4-5-11(7)12)6-13-10(2,3)14-9/h4-5,12H,6H2,1-3H3/q+1. The summed E-state index contributed by atoms with van der Waals surface area (Å²) in [4.78, 5) is 0. The summed E-state index contributed by atoms with van der Waals surface area (Å²) in [6, 6.07) is 1.79. The van der Waals surface area contributed by atoms with Crippen LogP contribution in [-0.2, 0) is 11.3 Å². The van der Waals surface area contributed by atoms with Crippen molar-refractivity contribution >= 4 is 0 Å². The third kappa shape index (κ3) is 1.42. The molecule has 2 heterocycles. The van der Waals surface area contributed by atoms with E-state index in [9.17, 15) is 5.21 Å². The summed E-state index contributed by atoms with van der Waals surface area (Å²) < 4.78 is 12.2. The molecule has 1 aliphatic rings. The Kier molecular flexibility index (Phi) is 1.89. The minimum absolute atomic E-state index is 0.518. The molecule has 0 saturated carbocycles. The van der Waals surface area contributed by atoms with E-state index < -0.39 is 5.79 Å². The Bertz CT molecular complexity index is 374. The molecule has 4 nitrogen and oxygen atoms in total. The molecule has 0 aromatic carbocycles. The van der Waals surface area contributed by atoms with Gasteiger partial charge in [-0.05, 0) is 0 Å². The van der Waals surface area contributed by atoms with Crippen molar-refractivity contribution in [3.63, 3.8) is 0 Å². The SMILES string of the molecule is Cc1c2c(cc[n+]1O)COC(C)(C)O2. The molecular weight excluding hydrogens is 182 g/mol. The molecule has 1 aromatic rings. The van der Waals surface area contributed by atoms with Crippen LogP contribution in [0.25, 0.3) is 0 Å². The highest BCUT2D eigenvalue weighted by molar-refractivity contribution is 5.34. The van der Waals surface area contributed by atoms with Gasteiger partial charge in [-0.3, -0.25) is 5.21 Å². The van der Waals surface area contributed by atoms with Gasteiger partial charge in [0.25, 0.3) is 5.69 Å². The Hall–Kier alpha value is -1.29. The van der Waals surface area contributed by atoms with Crippen LogP contribution in [0.4, 0.5) is 0 Å². The van der Waals surface area contributed by atoms with Crippen LogP contribution >= 0.6 is 0 Å². The topological polar surface area (TPSA) is 42.6 Å². The van der Waals surface area contributed by atoms with Crippen LogP contribution < -0.4 is 9.47 Å². The number of nitrogens with zero attached hydrogens (tertiary/aromatic N) is 1. The number of aromatic nitrogens is 1. The van der Waals surface area contributed by atoms with Crippen molar-refractivity contribution in [3.8, 4) is 5.75 Å². The molecule has 76 valence electrons. The van der Waals surface area contributed by atoms with E-state index in [0.29, 0.717) is 18.1 Å². The van der Waals surface area contributed by atoms with E-state index in [2.05, 4.69) is 0 Å². The first kappa shape index (κ1) is 9.27. The van der Waals surface area contributed by atoms with Crippen molar-refractivity contribution in [1.82, 2.24) is 0 Å². The van der Waals surface area contributed by atoms with Gasteiger partial charge in [0.05, 0.1) is 6.61 Å². The Morgan fingerprint density at radius 1 is 1.50 bits per heavy atom. The molecule has 0 atom stereocenters. The summed E-state index contributed by atoms with van der Waals surface area (Å²) in [5.41, 5.74) is 1.66. The molecule has 1 aliphatic heterocycles. The van der Waals surface area contributed by atoms with Crippen LogP contribution in [-0.4, -0.2) is 11.0 Å². The minimum atomic E-state index is -0.619. The van der Waals surface area contributed by atoms with E-state index in [1.54, 1.807) is 19.2 Å². The lowest BCUT2D eigenvalue weighted by atomic mass is 10.2. The molecular formula is C10H14NO3+. The lowest BCUT2D eigenvalue weighted by molar-refractivity contribution is -0.909. The van der Waals surface area contributed by atoms with Gasteiger partial charge < -0.3 is 9.47 Å². The summed E-state index contributed by atoms with van der Waals surface area (Å²) in [7, 11) is 0. The zero-order valence-corrected chi connectivity index (χ0v) is 8.57. The highest BCUT2D eigenvalue weighted by Gasteiger charge is 2.31. The average Bonchev–Trinajstić information content (AvgIpc) is 2.11. The lowest BCUT2D eigenvalue weighted by Gasteiger charge is -2.31. The summed E-state index contributed by atoms with van der Waals surface area (Å²) >= 11 is 0. The molecule has 1 N–H and O–H groups in total. The number of pyridine rings is 1. The van der Waals surface area contributed by atoms with E-state index in [1.807, 2.05) is 13.8 Å². The molecule has 2 rings (SSSR count). The smallest absolute Gasteiger partial charge is 0.273 e. The quantitative estimate of drug-likeness (QED) is 0.500. The van der Waals surface area contributed by atoms with Crippen molar-refractivity contribution in [1.29, 1.82) is 0 Å². The van der Waals surface area contributed by atoms with Gasteiger partial charge in [0, 0.05) is 37.1 Å². The number of hydrogen-bond donors (Lipinski definition) is 1. The molecule has 0 fully saturated rings. The van der Waals surface area contributed by atoms with Crippen LogP contribution in [0.3, 0.4) is 0 Å². The fraction of sp³-hybridized carbons (Fsp3) is 0.500. The third-order valence-electron chi connectivity index (χ3n) is 2.30. The van der Waals surface area contributed by atoms with Crippen LogP contribution in [0.2, 0.25) is 0 Å². The van der Waals surface area contributed by atoms with Crippen LogP contribution in [0, 0.1) is 6.92 Å². The molecule has 0 unspecified atom stereocenters. The van der Waals surface area contributed by atoms with E-state index in [0.717, 1.165) is 10.3 Å². The average molecular weight is 196 g/mol. The molecule has 0 saturated heterocycles.